The molecule has 22 heavy (non-hydrogen) atoms. The van der Waals surface area contributed by atoms with Crippen LogP contribution in [-0.4, -0.2) is 23.9 Å². The van der Waals surface area contributed by atoms with E-state index in [-0.39, 0.29) is 5.56 Å². The molecule has 0 aliphatic heterocycles. The van der Waals surface area contributed by atoms with Crippen LogP contribution in [0.4, 0.5) is 39.5 Å². The Morgan fingerprint density at radius 3 is 1.59 bits per heavy atom. The highest BCUT2D eigenvalue weighted by atomic mass is 19.4. The van der Waals surface area contributed by atoms with E-state index in [9.17, 15) is 39.5 Å². The van der Waals surface area contributed by atoms with Crippen molar-refractivity contribution in [1.82, 2.24) is 0 Å². The van der Waals surface area contributed by atoms with Gasteiger partial charge in [-0.3, -0.25) is 0 Å². The van der Waals surface area contributed by atoms with Crippen LogP contribution in [0, 0.1) is 6.92 Å². The highest BCUT2D eigenvalue weighted by Gasteiger charge is 2.81. The van der Waals surface area contributed by atoms with E-state index in [1.807, 2.05) is 0 Å². The number of alkyl halides is 9. The average Bonchev–Trinajstić information content (AvgIpc) is 2.36. The molecule has 1 rings (SSSR count). The number of rotatable bonds is 4. The predicted octanol–water partition coefficient (Wildman–Crippen LogP) is 5.48. The molecule has 0 nitrogen and oxygen atoms in total. The normalized spacial score (nSPS) is 14.6. The summed E-state index contributed by atoms with van der Waals surface area (Å²) in [7, 11) is 0. The second kappa shape index (κ2) is 5.51. The third-order valence-electron chi connectivity index (χ3n) is 2.73. The fraction of sp³-hybridized carbons (Fsp3) is 0.385. The molecule has 0 aliphatic carbocycles. The summed E-state index contributed by atoms with van der Waals surface area (Å²) >= 11 is 0. The summed E-state index contributed by atoms with van der Waals surface area (Å²) in [4.78, 5) is 0. The third-order valence-corrected chi connectivity index (χ3v) is 2.73. The molecule has 124 valence electrons. The fourth-order valence-electron chi connectivity index (χ4n) is 1.37. The van der Waals surface area contributed by atoms with Gasteiger partial charge in [0.2, 0.25) is 0 Å². The van der Waals surface area contributed by atoms with Gasteiger partial charge < -0.3 is 0 Å². The second-order valence-electron chi connectivity index (χ2n) is 4.51. The van der Waals surface area contributed by atoms with Gasteiger partial charge in [-0.15, -0.1) is 0 Å². The number of halogens is 9. The minimum atomic E-state index is -6.87. The van der Waals surface area contributed by atoms with Crippen LogP contribution in [0.3, 0.4) is 0 Å². The molecule has 0 atom stereocenters. The summed E-state index contributed by atoms with van der Waals surface area (Å²) in [6.45, 7) is 1.64. The number of aryl methyl sites for hydroxylation is 1. The van der Waals surface area contributed by atoms with E-state index in [2.05, 4.69) is 0 Å². The van der Waals surface area contributed by atoms with Crippen molar-refractivity contribution < 1.29 is 39.5 Å². The van der Waals surface area contributed by atoms with E-state index < -0.39 is 30.0 Å². The Balaban J connectivity index is 3.13. The van der Waals surface area contributed by atoms with Crippen LogP contribution in [0.25, 0.3) is 6.08 Å². The van der Waals surface area contributed by atoms with Gasteiger partial charge in [-0.05, 0) is 18.6 Å². The van der Waals surface area contributed by atoms with Crippen molar-refractivity contribution in [3.63, 3.8) is 0 Å². The molecule has 9 heteroatoms. The summed E-state index contributed by atoms with van der Waals surface area (Å²) in [6, 6.07) is 5.25. The second-order valence-corrected chi connectivity index (χ2v) is 4.51. The van der Waals surface area contributed by atoms with Gasteiger partial charge in [-0.2, -0.15) is 39.5 Å². The smallest absolute Gasteiger partial charge is 0.195 e. The van der Waals surface area contributed by atoms with Gasteiger partial charge >= 0.3 is 23.9 Å². The zero-order valence-corrected chi connectivity index (χ0v) is 10.9. The Bertz CT molecular complexity index is 538. The van der Waals surface area contributed by atoms with Crippen LogP contribution in [0.2, 0.25) is 0 Å². The predicted molar refractivity (Wildman–Crippen MR) is 61.1 cm³/mol. The van der Waals surface area contributed by atoms with E-state index in [0.29, 0.717) is 11.6 Å². The molecule has 0 unspecified atom stereocenters. The van der Waals surface area contributed by atoms with Crippen LogP contribution in [0.1, 0.15) is 11.1 Å². The number of allylic oxidation sites excluding steroid dienone is 1. The molecule has 0 bridgehead atoms. The number of benzene rings is 1. The zero-order valence-electron chi connectivity index (χ0n) is 10.9. The molecular weight excluding hydrogens is 327 g/mol. The molecular formula is C13H9F9. The summed E-state index contributed by atoms with van der Waals surface area (Å²) in [6.07, 6.45) is -7.13. The van der Waals surface area contributed by atoms with Crippen molar-refractivity contribution in [2.45, 2.75) is 30.9 Å². The van der Waals surface area contributed by atoms with Crippen molar-refractivity contribution in [3.8, 4) is 0 Å². The van der Waals surface area contributed by atoms with E-state index in [4.69, 9.17) is 0 Å². The molecule has 0 amide bonds. The van der Waals surface area contributed by atoms with E-state index in [1.165, 1.54) is 24.3 Å². The molecule has 0 aromatic heterocycles. The van der Waals surface area contributed by atoms with Crippen molar-refractivity contribution in [1.29, 1.82) is 0 Å². The Kier molecular flexibility index (Phi) is 4.60. The highest BCUT2D eigenvalue weighted by molar-refractivity contribution is 5.51. The summed E-state index contributed by atoms with van der Waals surface area (Å²) in [5.41, 5.74) is 0.647. The van der Waals surface area contributed by atoms with Gasteiger partial charge in [0.25, 0.3) is 0 Å². The topological polar surface area (TPSA) is 0 Å². The van der Waals surface area contributed by atoms with Crippen LogP contribution < -0.4 is 0 Å². The SMILES string of the molecule is Cc1ccc(/C=C/C(F)(F)C(F)(F)C(F)(F)C(F)(F)F)cc1. The van der Waals surface area contributed by atoms with Gasteiger partial charge in [0, 0.05) is 0 Å². The van der Waals surface area contributed by atoms with Crippen LogP contribution in [0.5, 0.6) is 0 Å². The van der Waals surface area contributed by atoms with Gasteiger partial charge in [0.1, 0.15) is 0 Å². The molecule has 1 aromatic rings. The van der Waals surface area contributed by atoms with Crippen LogP contribution >= 0.6 is 0 Å². The lowest BCUT2D eigenvalue weighted by molar-refractivity contribution is -0.388. The molecule has 0 saturated carbocycles. The monoisotopic (exact) mass is 336 g/mol. The standard InChI is InChI=1S/C13H9F9/c1-8-2-4-9(5-3-8)6-7-10(14,15)11(16,17)12(18,19)13(20,21)22/h2-7H,1H3/b7-6+. The Hall–Kier alpha value is -1.67. The summed E-state index contributed by atoms with van der Waals surface area (Å²) in [5.74, 6) is -19.2. The summed E-state index contributed by atoms with van der Waals surface area (Å²) < 4.78 is 113. The van der Waals surface area contributed by atoms with Crippen molar-refractivity contribution in [2.24, 2.45) is 0 Å². The molecule has 0 fully saturated rings. The van der Waals surface area contributed by atoms with Crippen LogP contribution in [0.15, 0.2) is 30.3 Å². The number of hydrogen-bond donors (Lipinski definition) is 0. The zero-order chi connectivity index (χ0) is 17.4. The molecule has 0 N–H and O–H groups in total. The first kappa shape index (κ1) is 18.4. The van der Waals surface area contributed by atoms with E-state index in [1.54, 1.807) is 6.92 Å². The molecule has 0 radical (unpaired) electrons. The highest BCUT2D eigenvalue weighted by Crippen LogP contribution is 2.53. The maximum Gasteiger partial charge on any atom is 0.460 e. The average molecular weight is 336 g/mol. The maximum atomic E-state index is 13.2. The minimum Gasteiger partial charge on any atom is -0.195 e. The van der Waals surface area contributed by atoms with Gasteiger partial charge in [0.05, 0.1) is 0 Å². The maximum absolute atomic E-state index is 13.2. The third kappa shape index (κ3) is 3.22. The number of hydrogen-bond acceptors (Lipinski definition) is 0. The lowest BCUT2D eigenvalue weighted by Gasteiger charge is -2.32. The molecule has 0 heterocycles. The van der Waals surface area contributed by atoms with Gasteiger partial charge in [-0.1, -0.05) is 35.9 Å². The Morgan fingerprint density at radius 2 is 1.18 bits per heavy atom. The lowest BCUT2D eigenvalue weighted by Crippen LogP contribution is -2.60. The van der Waals surface area contributed by atoms with Gasteiger partial charge in [0.15, 0.2) is 0 Å². The molecule has 1 aromatic carbocycles. The quantitative estimate of drug-likeness (QED) is 0.639. The van der Waals surface area contributed by atoms with Crippen molar-refractivity contribution >= 4 is 6.08 Å². The van der Waals surface area contributed by atoms with E-state index >= 15 is 0 Å². The largest absolute Gasteiger partial charge is 0.460 e. The first-order chi connectivity index (χ1) is 9.72. The van der Waals surface area contributed by atoms with E-state index in [0.717, 1.165) is 0 Å². The van der Waals surface area contributed by atoms with Crippen molar-refractivity contribution in [2.75, 3.05) is 0 Å². The molecule has 0 saturated heterocycles. The fourth-order valence-corrected chi connectivity index (χ4v) is 1.37. The first-order valence-corrected chi connectivity index (χ1v) is 5.68. The van der Waals surface area contributed by atoms with Crippen molar-refractivity contribution in [3.05, 3.63) is 41.5 Å². The Labute approximate surface area is 119 Å². The first-order valence-electron chi connectivity index (χ1n) is 5.68. The van der Waals surface area contributed by atoms with Crippen LogP contribution in [-0.2, 0) is 0 Å². The Morgan fingerprint density at radius 1 is 0.727 bits per heavy atom. The lowest BCUT2D eigenvalue weighted by atomic mass is 10.0. The minimum absolute atomic E-state index is 0.0589. The molecule has 0 spiro atoms. The summed E-state index contributed by atoms with van der Waals surface area (Å²) in [5, 5.41) is 0. The van der Waals surface area contributed by atoms with Gasteiger partial charge in [-0.25, -0.2) is 0 Å². The molecule has 0 aliphatic rings.